The molecule has 5 heteroatoms. The molecule has 2 aliphatic heterocycles. The minimum Gasteiger partial charge on any atom is -0.368 e. The lowest BCUT2D eigenvalue weighted by molar-refractivity contribution is 0.212. The highest BCUT2D eigenvalue weighted by molar-refractivity contribution is 5.60. The summed E-state index contributed by atoms with van der Waals surface area (Å²) in [6, 6.07) is 14.7. The smallest absolute Gasteiger partial charge is 0.123 e. The topological polar surface area (TPSA) is 31.2 Å². The summed E-state index contributed by atoms with van der Waals surface area (Å²) in [7, 11) is 1.64. The van der Waals surface area contributed by atoms with E-state index < -0.39 is 0 Å². The number of aryl methyl sites for hydroxylation is 1. The zero-order valence-electron chi connectivity index (χ0n) is 19.8. The molecule has 172 valence electrons. The van der Waals surface area contributed by atoms with Gasteiger partial charge in [0.15, 0.2) is 0 Å². The van der Waals surface area contributed by atoms with Crippen molar-refractivity contribution < 1.29 is 4.39 Å². The average molecular weight is 437 g/mol. The first-order valence-electron chi connectivity index (χ1n) is 11.9. The van der Waals surface area contributed by atoms with Gasteiger partial charge in [-0.3, -0.25) is 0 Å². The van der Waals surface area contributed by atoms with Crippen molar-refractivity contribution >= 4 is 5.69 Å². The summed E-state index contributed by atoms with van der Waals surface area (Å²) in [5, 5.41) is 7.00. The predicted octanol–water partition coefficient (Wildman–Crippen LogP) is 6.06. The molecule has 0 spiro atoms. The molecule has 0 aromatic heterocycles. The molecule has 2 heterocycles. The molecule has 0 atom stereocenters. The van der Waals surface area contributed by atoms with Crippen molar-refractivity contribution in [1.29, 1.82) is 0 Å². The maximum atomic E-state index is 13.0. The van der Waals surface area contributed by atoms with Crippen LogP contribution >= 0.6 is 0 Å². The van der Waals surface area contributed by atoms with Gasteiger partial charge in [0.2, 0.25) is 0 Å². The van der Waals surface area contributed by atoms with Crippen molar-refractivity contribution in [3.8, 4) is 0 Å². The van der Waals surface area contributed by atoms with Crippen LogP contribution in [0.3, 0.4) is 0 Å². The highest BCUT2D eigenvalue weighted by Gasteiger charge is 2.29. The fourth-order valence-corrected chi connectivity index (χ4v) is 4.57. The first-order chi connectivity index (χ1) is 15.6. The average Bonchev–Trinajstić information content (AvgIpc) is 3.26. The Kier molecular flexibility index (Phi) is 9.42. The molecular formula is C27H37FN4. The molecule has 2 aromatic carbocycles. The van der Waals surface area contributed by atoms with Crippen LogP contribution in [0.2, 0.25) is 0 Å². The number of halogens is 1. The SMILES string of the molecule is C/C=C\N=NC.CCc1ccc2c(c1)N(C1CCN(CCc3ccc(F)cc3)CC1)CC2. The monoisotopic (exact) mass is 436 g/mol. The Morgan fingerprint density at radius 3 is 2.38 bits per heavy atom. The van der Waals surface area contributed by atoms with E-state index in [9.17, 15) is 4.39 Å². The number of azo groups is 1. The third-order valence-corrected chi connectivity index (χ3v) is 6.45. The first kappa shape index (κ1) is 24.1. The number of allylic oxidation sites excluding steroid dienone is 1. The van der Waals surface area contributed by atoms with Gasteiger partial charge in [-0.15, -0.1) is 0 Å². The summed E-state index contributed by atoms with van der Waals surface area (Å²) in [4.78, 5) is 5.24. The van der Waals surface area contributed by atoms with Crippen LogP contribution in [0.5, 0.6) is 0 Å². The Morgan fingerprint density at radius 1 is 1.03 bits per heavy atom. The standard InChI is InChI=1S/C23H29FN2.C4H8N2/c1-2-18-3-6-20-10-16-26(23(20)17-18)22-11-14-25(15-12-22)13-9-19-4-7-21(24)8-5-19;1-3-4-6-5-2/h3-8,17,22H,2,9-16H2,1H3;3-4H,1-2H3/b;4-3-,6-5?. The highest BCUT2D eigenvalue weighted by Crippen LogP contribution is 2.33. The van der Waals surface area contributed by atoms with Crippen LogP contribution in [0.15, 0.2) is 65.0 Å². The summed E-state index contributed by atoms with van der Waals surface area (Å²) in [6.07, 6.45) is 9.29. The molecule has 2 aromatic rings. The van der Waals surface area contributed by atoms with Crippen LogP contribution in [0.4, 0.5) is 10.1 Å². The summed E-state index contributed by atoms with van der Waals surface area (Å²) in [5.41, 5.74) is 5.71. The Labute approximate surface area is 192 Å². The van der Waals surface area contributed by atoms with Gasteiger partial charge < -0.3 is 9.80 Å². The van der Waals surface area contributed by atoms with E-state index in [1.165, 1.54) is 61.3 Å². The van der Waals surface area contributed by atoms with Crippen LogP contribution in [-0.2, 0) is 19.3 Å². The third kappa shape index (κ3) is 6.73. The first-order valence-corrected chi connectivity index (χ1v) is 11.9. The van der Waals surface area contributed by atoms with Crippen molar-refractivity contribution in [2.45, 2.75) is 52.0 Å². The number of piperidine rings is 1. The van der Waals surface area contributed by atoms with Crippen LogP contribution < -0.4 is 4.90 Å². The van der Waals surface area contributed by atoms with E-state index in [0.29, 0.717) is 6.04 Å². The summed E-state index contributed by atoms with van der Waals surface area (Å²) < 4.78 is 13.0. The van der Waals surface area contributed by atoms with Crippen molar-refractivity contribution in [3.05, 3.63) is 77.2 Å². The van der Waals surface area contributed by atoms with Gasteiger partial charge in [-0.2, -0.15) is 10.2 Å². The highest BCUT2D eigenvalue weighted by atomic mass is 19.1. The number of likely N-dealkylation sites (tertiary alicyclic amines) is 1. The maximum Gasteiger partial charge on any atom is 0.123 e. The molecule has 32 heavy (non-hydrogen) atoms. The number of anilines is 1. The molecule has 0 radical (unpaired) electrons. The summed E-state index contributed by atoms with van der Waals surface area (Å²) in [6.45, 7) is 8.74. The number of hydrogen-bond acceptors (Lipinski definition) is 4. The van der Waals surface area contributed by atoms with Gasteiger partial charge in [-0.05, 0) is 73.9 Å². The van der Waals surface area contributed by atoms with E-state index in [1.807, 2.05) is 25.1 Å². The minimum atomic E-state index is -0.147. The zero-order valence-corrected chi connectivity index (χ0v) is 19.8. The predicted molar refractivity (Wildman–Crippen MR) is 132 cm³/mol. The lowest BCUT2D eigenvalue weighted by Crippen LogP contribution is -2.45. The van der Waals surface area contributed by atoms with Gasteiger partial charge >= 0.3 is 0 Å². The molecule has 1 fully saturated rings. The van der Waals surface area contributed by atoms with Gasteiger partial charge in [0, 0.05) is 51.2 Å². The van der Waals surface area contributed by atoms with Gasteiger partial charge in [0.25, 0.3) is 0 Å². The normalized spacial score (nSPS) is 17.1. The minimum absolute atomic E-state index is 0.147. The molecule has 2 aliphatic rings. The second-order valence-corrected chi connectivity index (χ2v) is 8.51. The van der Waals surface area contributed by atoms with Crippen molar-refractivity contribution in [2.75, 3.05) is 38.1 Å². The van der Waals surface area contributed by atoms with Crippen molar-refractivity contribution in [1.82, 2.24) is 4.90 Å². The van der Waals surface area contributed by atoms with Gasteiger partial charge in [0.1, 0.15) is 5.82 Å². The fraction of sp³-hybridized carbons (Fsp3) is 0.481. The van der Waals surface area contributed by atoms with Crippen LogP contribution in [-0.4, -0.2) is 44.2 Å². The largest absolute Gasteiger partial charge is 0.368 e. The molecule has 0 saturated carbocycles. The fourth-order valence-electron chi connectivity index (χ4n) is 4.57. The summed E-state index contributed by atoms with van der Waals surface area (Å²) in [5.74, 6) is -0.147. The number of nitrogens with zero attached hydrogens (tertiary/aromatic N) is 4. The number of rotatable bonds is 6. The molecule has 0 N–H and O–H groups in total. The van der Waals surface area contributed by atoms with Gasteiger partial charge in [0.05, 0.1) is 0 Å². The van der Waals surface area contributed by atoms with Crippen LogP contribution in [0.25, 0.3) is 0 Å². The van der Waals surface area contributed by atoms with E-state index in [1.54, 1.807) is 25.4 Å². The number of fused-ring (bicyclic) bond motifs is 1. The van der Waals surface area contributed by atoms with Crippen molar-refractivity contribution in [2.24, 2.45) is 10.2 Å². The van der Waals surface area contributed by atoms with Crippen LogP contribution in [0, 0.1) is 5.82 Å². The molecule has 0 unspecified atom stereocenters. The van der Waals surface area contributed by atoms with E-state index in [4.69, 9.17) is 0 Å². The molecule has 1 saturated heterocycles. The molecule has 4 rings (SSSR count). The van der Waals surface area contributed by atoms with Crippen LogP contribution in [0.1, 0.15) is 43.4 Å². The number of hydrogen-bond donors (Lipinski definition) is 0. The quantitative estimate of drug-likeness (QED) is 0.516. The molecular weight excluding hydrogens is 399 g/mol. The molecule has 4 nitrogen and oxygen atoms in total. The molecule has 0 bridgehead atoms. The molecule has 0 amide bonds. The zero-order chi connectivity index (χ0) is 22.8. The maximum absolute atomic E-state index is 13.0. The lowest BCUT2D eigenvalue weighted by Gasteiger charge is -2.38. The van der Waals surface area contributed by atoms with E-state index in [0.717, 1.165) is 19.4 Å². The third-order valence-electron chi connectivity index (χ3n) is 6.45. The van der Waals surface area contributed by atoms with E-state index in [-0.39, 0.29) is 5.82 Å². The second kappa shape index (κ2) is 12.5. The lowest BCUT2D eigenvalue weighted by atomic mass is 10.0. The van der Waals surface area contributed by atoms with Gasteiger partial charge in [-0.25, -0.2) is 4.39 Å². The van der Waals surface area contributed by atoms with Gasteiger partial charge in [-0.1, -0.05) is 37.3 Å². The Morgan fingerprint density at radius 2 is 1.75 bits per heavy atom. The Bertz CT molecular complexity index is 873. The Balaban J connectivity index is 0.000000427. The summed E-state index contributed by atoms with van der Waals surface area (Å²) >= 11 is 0. The second-order valence-electron chi connectivity index (χ2n) is 8.51. The Hall–Kier alpha value is -2.53. The van der Waals surface area contributed by atoms with Crippen molar-refractivity contribution in [3.63, 3.8) is 0 Å². The van der Waals surface area contributed by atoms with E-state index in [2.05, 4.69) is 45.2 Å². The number of benzene rings is 2. The molecule has 0 aliphatic carbocycles. The van der Waals surface area contributed by atoms with E-state index >= 15 is 0 Å².